The normalized spacial score (nSPS) is 19.4. The second-order valence-electron chi connectivity index (χ2n) is 5.89. The Hall–Kier alpha value is -1.05. The lowest BCUT2D eigenvalue weighted by Crippen LogP contribution is -2.34. The maximum atomic E-state index is 12.2. The standard InChI is InChI=1S/C17H27NO/c1-2-3-4-5-6-7-8-13-18(14-15-9-10-15)17(19)16-11-12-16/h3-4,7-8,15-16H,2,5-6,9-14H2,1H3/b4-3-,8-7-. The Labute approximate surface area is 117 Å². The van der Waals surface area contributed by atoms with Gasteiger partial charge in [0.1, 0.15) is 0 Å². The molecule has 2 heteroatoms. The first-order valence-electron chi connectivity index (χ1n) is 7.90. The maximum Gasteiger partial charge on any atom is 0.225 e. The zero-order valence-corrected chi connectivity index (χ0v) is 12.2. The molecule has 1 amide bonds. The highest BCUT2D eigenvalue weighted by Gasteiger charge is 2.35. The number of hydrogen-bond acceptors (Lipinski definition) is 1. The second kappa shape index (κ2) is 7.52. The summed E-state index contributed by atoms with van der Waals surface area (Å²) in [4.78, 5) is 14.2. The molecule has 106 valence electrons. The van der Waals surface area contributed by atoms with Crippen molar-refractivity contribution in [2.45, 2.75) is 51.9 Å². The lowest BCUT2D eigenvalue weighted by molar-refractivity contribution is -0.132. The number of nitrogens with zero attached hydrogens (tertiary/aromatic N) is 1. The molecule has 0 saturated heterocycles. The van der Waals surface area contributed by atoms with Crippen LogP contribution in [0.5, 0.6) is 0 Å². The third-order valence-corrected chi connectivity index (χ3v) is 3.81. The summed E-state index contributed by atoms with van der Waals surface area (Å²) >= 11 is 0. The van der Waals surface area contributed by atoms with Crippen molar-refractivity contribution in [3.63, 3.8) is 0 Å². The molecule has 0 bridgehead atoms. The summed E-state index contributed by atoms with van der Waals surface area (Å²) in [7, 11) is 0. The third kappa shape index (κ3) is 5.63. The largest absolute Gasteiger partial charge is 0.338 e. The molecule has 0 aromatic heterocycles. The molecule has 2 aliphatic rings. The Balaban J connectivity index is 1.67. The summed E-state index contributed by atoms with van der Waals surface area (Å²) in [5.74, 6) is 1.56. The van der Waals surface area contributed by atoms with Crippen LogP contribution in [0.25, 0.3) is 0 Å². The Bertz CT molecular complexity index is 337. The highest BCUT2D eigenvalue weighted by Crippen LogP contribution is 2.34. The summed E-state index contributed by atoms with van der Waals surface area (Å²) in [6.07, 6.45) is 17.1. The highest BCUT2D eigenvalue weighted by molar-refractivity contribution is 5.81. The molecular weight excluding hydrogens is 234 g/mol. The third-order valence-electron chi connectivity index (χ3n) is 3.81. The fraction of sp³-hybridized carbons (Fsp3) is 0.706. The van der Waals surface area contributed by atoms with Crippen LogP contribution in [0.4, 0.5) is 0 Å². The molecule has 2 saturated carbocycles. The van der Waals surface area contributed by atoms with E-state index in [9.17, 15) is 4.79 Å². The number of allylic oxidation sites excluding steroid dienone is 3. The summed E-state index contributed by atoms with van der Waals surface area (Å²) in [6, 6.07) is 0. The van der Waals surface area contributed by atoms with Crippen LogP contribution in [0.3, 0.4) is 0 Å². The van der Waals surface area contributed by atoms with E-state index in [-0.39, 0.29) is 0 Å². The first-order chi connectivity index (χ1) is 9.31. The Morgan fingerprint density at radius 3 is 2.32 bits per heavy atom. The molecule has 0 spiro atoms. The molecule has 0 aliphatic heterocycles. The monoisotopic (exact) mass is 261 g/mol. The lowest BCUT2D eigenvalue weighted by atomic mass is 10.2. The van der Waals surface area contributed by atoms with Crippen LogP contribution in [0, 0.1) is 11.8 Å². The Morgan fingerprint density at radius 1 is 1.05 bits per heavy atom. The van der Waals surface area contributed by atoms with Gasteiger partial charge in [-0.1, -0.05) is 31.2 Å². The minimum Gasteiger partial charge on any atom is -0.338 e. The van der Waals surface area contributed by atoms with Gasteiger partial charge in [-0.25, -0.2) is 0 Å². The number of rotatable bonds is 9. The molecule has 0 unspecified atom stereocenters. The van der Waals surface area contributed by atoms with Crippen LogP contribution < -0.4 is 0 Å². The van der Waals surface area contributed by atoms with E-state index >= 15 is 0 Å². The first kappa shape index (κ1) is 14.4. The van der Waals surface area contributed by atoms with Crippen LogP contribution >= 0.6 is 0 Å². The van der Waals surface area contributed by atoms with E-state index in [1.807, 2.05) is 0 Å². The van der Waals surface area contributed by atoms with Gasteiger partial charge in [-0.05, 0) is 50.9 Å². The molecular formula is C17H27NO. The average Bonchev–Trinajstić information content (AvgIpc) is 3.28. The molecule has 0 atom stereocenters. The van der Waals surface area contributed by atoms with Crippen LogP contribution in [0.2, 0.25) is 0 Å². The van der Waals surface area contributed by atoms with E-state index in [0.29, 0.717) is 11.8 Å². The smallest absolute Gasteiger partial charge is 0.225 e. The Kier molecular flexibility index (Phi) is 5.68. The van der Waals surface area contributed by atoms with Crippen molar-refractivity contribution in [3.8, 4) is 0 Å². The predicted molar refractivity (Wildman–Crippen MR) is 79.8 cm³/mol. The molecule has 19 heavy (non-hydrogen) atoms. The van der Waals surface area contributed by atoms with Gasteiger partial charge in [0.25, 0.3) is 0 Å². The van der Waals surface area contributed by atoms with Crippen molar-refractivity contribution in [3.05, 3.63) is 24.3 Å². The molecule has 0 heterocycles. The van der Waals surface area contributed by atoms with Crippen LogP contribution in [-0.4, -0.2) is 23.9 Å². The van der Waals surface area contributed by atoms with Crippen LogP contribution in [0.15, 0.2) is 24.3 Å². The quantitative estimate of drug-likeness (QED) is 0.455. The van der Waals surface area contributed by atoms with E-state index in [2.05, 4.69) is 36.1 Å². The fourth-order valence-corrected chi connectivity index (χ4v) is 2.25. The lowest BCUT2D eigenvalue weighted by Gasteiger charge is -2.20. The number of hydrogen-bond donors (Lipinski definition) is 0. The number of carbonyl (C=O) groups is 1. The van der Waals surface area contributed by atoms with Gasteiger partial charge in [-0.15, -0.1) is 0 Å². The van der Waals surface area contributed by atoms with Gasteiger partial charge in [-0.3, -0.25) is 4.79 Å². The number of amides is 1. The highest BCUT2D eigenvalue weighted by atomic mass is 16.2. The summed E-state index contributed by atoms with van der Waals surface area (Å²) in [5, 5.41) is 0. The molecule has 0 aromatic rings. The van der Waals surface area contributed by atoms with Crippen LogP contribution in [-0.2, 0) is 4.79 Å². The van der Waals surface area contributed by atoms with Crippen molar-refractivity contribution in [2.24, 2.45) is 11.8 Å². The predicted octanol–water partition coefficient (Wildman–Crippen LogP) is 3.94. The van der Waals surface area contributed by atoms with Gasteiger partial charge in [0, 0.05) is 19.0 Å². The molecule has 2 rings (SSSR count). The SMILES string of the molecule is CC/C=C\CC/C=C\CN(CC1CC1)C(=O)C1CC1. The molecule has 2 nitrogen and oxygen atoms in total. The van der Waals surface area contributed by atoms with Crippen molar-refractivity contribution in [1.29, 1.82) is 0 Å². The minimum absolute atomic E-state index is 0.361. The molecule has 0 radical (unpaired) electrons. The summed E-state index contributed by atoms with van der Waals surface area (Å²) < 4.78 is 0. The van der Waals surface area contributed by atoms with E-state index in [1.54, 1.807) is 0 Å². The van der Waals surface area contributed by atoms with Crippen molar-refractivity contribution >= 4 is 5.91 Å². The van der Waals surface area contributed by atoms with Crippen molar-refractivity contribution in [2.75, 3.05) is 13.1 Å². The van der Waals surface area contributed by atoms with Crippen molar-refractivity contribution in [1.82, 2.24) is 4.90 Å². The number of carbonyl (C=O) groups excluding carboxylic acids is 1. The zero-order chi connectivity index (χ0) is 13.5. The molecule has 2 fully saturated rings. The first-order valence-corrected chi connectivity index (χ1v) is 7.90. The van der Waals surface area contributed by atoms with Gasteiger partial charge >= 0.3 is 0 Å². The second-order valence-corrected chi connectivity index (χ2v) is 5.89. The molecule has 2 aliphatic carbocycles. The Morgan fingerprint density at radius 2 is 1.74 bits per heavy atom. The van der Waals surface area contributed by atoms with Gasteiger partial charge in [-0.2, -0.15) is 0 Å². The average molecular weight is 261 g/mol. The van der Waals surface area contributed by atoms with E-state index in [1.165, 1.54) is 12.8 Å². The van der Waals surface area contributed by atoms with Gasteiger partial charge in [0.2, 0.25) is 5.91 Å². The number of unbranched alkanes of at least 4 members (excludes halogenated alkanes) is 1. The zero-order valence-electron chi connectivity index (χ0n) is 12.2. The van der Waals surface area contributed by atoms with Gasteiger partial charge < -0.3 is 4.90 Å². The van der Waals surface area contributed by atoms with E-state index in [4.69, 9.17) is 0 Å². The topological polar surface area (TPSA) is 20.3 Å². The van der Waals surface area contributed by atoms with E-state index < -0.39 is 0 Å². The molecule has 0 aromatic carbocycles. The fourth-order valence-electron chi connectivity index (χ4n) is 2.25. The van der Waals surface area contributed by atoms with Crippen LogP contribution in [0.1, 0.15) is 51.9 Å². The maximum absolute atomic E-state index is 12.2. The summed E-state index contributed by atoms with van der Waals surface area (Å²) in [6.45, 7) is 3.98. The summed E-state index contributed by atoms with van der Waals surface area (Å²) in [5.41, 5.74) is 0. The van der Waals surface area contributed by atoms with E-state index in [0.717, 1.165) is 51.1 Å². The van der Waals surface area contributed by atoms with Gasteiger partial charge in [0.05, 0.1) is 0 Å². The van der Waals surface area contributed by atoms with Crippen molar-refractivity contribution < 1.29 is 4.79 Å². The van der Waals surface area contributed by atoms with Gasteiger partial charge in [0.15, 0.2) is 0 Å². The minimum atomic E-state index is 0.361. The molecule has 0 N–H and O–H groups in total.